The van der Waals surface area contributed by atoms with Gasteiger partial charge in [0.25, 0.3) is 0 Å². The molecule has 0 bridgehead atoms. The van der Waals surface area contributed by atoms with Crippen molar-refractivity contribution in [2.24, 2.45) is 0 Å². The van der Waals surface area contributed by atoms with Gasteiger partial charge in [0.15, 0.2) is 0 Å². The van der Waals surface area contributed by atoms with Crippen LogP contribution >= 0.6 is 0 Å². The number of hydrogen-bond acceptors (Lipinski definition) is 2. The number of amides is 1. The maximum atomic E-state index is 12.9. The minimum Gasteiger partial charge on any atom is -0.351 e. The largest absolute Gasteiger partial charge is 0.351 e. The van der Waals surface area contributed by atoms with E-state index in [4.69, 9.17) is 0 Å². The second-order valence-electron chi connectivity index (χ2n) is 6.13. The van der Waals surface area contributed by atoms with Gasteiger partial charge in [-0.2, -0.15) is 0 Å². The Balaban J connectivity index is 1.76. The van der Waals surface area contributed by atoms with E-state index in [0.29, 0.717) is 13.0 Å². The second kappa shape index (κ2) is 8.25. The van der Waals surface area contributed by atoms with Crippen LogP contribution in [-0.2, 0) is 17.8 Å². The van der Waals surface area contributed by atoms with Gasteiger partial charge in [-0.3, -0.25) is 9.78 Å². The van der Waals surface area contributed by atoms with Crippen LogP contribution in [0.25, 0.3) is 0 Å². The monoisotopic (exact) mass is 330 g/mol. The first-order chi connectivity index (χ1) is 12.2. The highest BCUT2D eigenvalue weighted by Crippen LogP contribution is 2.20. The van der Waals surface area contributed by atoms with E-state index < -0.39 is 0 Å². The lowest BCUT2D eigenvalue weighted by molar-refractivity contribution is -0.122. The predicted molar refractivity (Wildman–Crippen MR) is 100 cm³/mol. The molecular weight excluding hydrogens is 308 g/mol. The van der Waals surface area contributed by atoms with E-state index in [-0.39, 0.29) is 11.8 Å². The highest BCUT2D eigenvalue weighted by molar-refractivity contribution is 5.83. The zero-order valence-electron chi connectivity index (χ0n) is 14.4. The number of hydrogen-bond donors (Lipinski definition) is 1. The quantitative estimate of drug-likeness (QED) is 0.741. The number of aryl methyl sites for hydroxylation is 1. The van der Waals surface area contributed by atoms with Crippen LogP contribution in [0.3, 0.4) is 0 Å². The average molecular weight is 330 g/mol. The van der Waals surface area contributed by atoms with Crippen LogP contribution in [0, 0.1) is 6.92 Å². The van der Waals surface area contributed by atoms with Gasteiger partial charge >= 0.3 is 0 Å². The third-order valence-corrected chi connectivity index (χ3v) is 4.37. The standard InChI is InChI=1S/C22H22N2O/c1-17-9-5-6-12-19(17)16-24-22(25)21(18-10-3-2-4-11-18)15-20-13-7-8-14-23-20/h2-14,21H,15-16H2,1H3,(H,24,25). The molecule has 0 fully saturated rings. The summed E-state index contributed by atoms with van der Waals surface area (Å²) in [5, 5.41) is 3.09. The van der Waals surface area contributed by atoms with E-state index in [2.05, 4.69) is 23.3 Å². The SMILES string of the molecule is Cc1ccccc1CNC(=O)C(Cc1ccccn1)c1ccccc1. The van der Waals surface area contributed by atoms with Gasteiger partial charge in [-0.25, -0.2) is 0 Å². The molecule has 1 atom stereocenters. The first kappa shape index (κ1) is 16.9. The topological polar surface area (TPSA) is 42.0 Å². The van der Waals surface area contributed by atoms with Gasteiger partial charge in [-0.05, 0) is 35.7 Å². The van der Waals surface area contributed by atoms with Crippen molar-refractivity contribution in [1.82, 2.24) is 10.3 Å². The van der Waals surface area contributed by atoms with E-state index in [9.17, 15) is 4.79 Å². The zero-order valence-corrected chi connectivity index (χ0v) is 14.4. The minimum absolute atomic E-state index is 0.0279. The number of carbonyl (C=O) groups is 1. The molecule has 1 unspecified atom stereocenters. The maximum Gasteiger partial charge on any atom is 0.228 e. The van der Waals surface area contributed by atoms with Gasteiger partial charge < -0.3 is 5.32 Å². The van der Waals surface area contributed by atoms with Crippen molar-refractivity contribution in [2.45, 2.75) is 25.8 Å². The molecule has 0 aliphatic rings. The van der Waals surface area contributed by atoms with E-state index in [1.807, 2.05) is 66.7 Å². The zero-order chi connectivity index (χ0) is 17.5. The number of rotatable bonds is 6. The Hall–Kier alpha value is -2.94. The van der Waals surface area contributed by atoms with Crippen LogP contribution < -0.4 is 5.32 Å². The molecule has 0 saturated heterocycles. The van der Waals surface area contributed by atoms with E-state index in [1.54, 1.807) is 6.20 Å². The second-order valence-corrected chi connectivity index (χ2v) is 6.13. The number of aromatic nitrogens is 1. The van der Waals surface area contributed by atoms with Crippen molar-refractivity contribution < 1.29 is 4.79 Å². The van der Waals surface area contributed by atoms with Crippen molar-refractivity contribution in [3.05, 3.63) is 101 Å². The molecule has 3 nitrogen and oxygen atoms in total. The van der Waals surface area contributed by atoms with Crippen LogP contribution in [0.15, 0.2) is 79.0 Å². The molecule has 0 spiro atoms. The van der Waals surface area contributed by atoms with Crippen molar-refractivity contribution >= 4 is 5.91 Å². The number of benzene rings is 2. The number of nitrogens with one attached hydrogen (secondary N) is 1. The molecule has 0 aliphatic carbocycles. The van der Waals surface area contributed by atoms with Crippen LogP contribution in [0.4, 0.5) is 0 Å². The van der Waals surface area contributed by atoms with Gasteiger partial charge in [-0.15, -0.1) is 0 Å². The molecule has 1 amide bonds. The molecule has 1 aromatic heterocycles. The van der Waals surface area contributed by atoms with Gasteiger partial charge in [0.1, 0.15) is 0 Å². The Labute approximate surface area is 148 Å². The predicted octanol–water partition coefficient (Wildman–Crippen LogP) is 4.03. The summed E-state index contributed by atoms with van der Waals surface area (Å²) in [6, 6.07) is 23.8. The highest BCUT2D eigenvalue weighted by atomic mass is 16.1. The molecule has 3 aromatic rings. The minimum atomic E-state index is -0.250. The van der Waals surface area contributed by atoms with Crippen LogP contribution in [0.1, 0.15) is 28.3 Å². The van der Waals surface area contributed by atoms with Gasteiger partial charge in [-0.1, -0.05) is 60.7 Å². The molecule has 1 heterocycles. The normalized spacial score (nSPS) is 11.7. The molecule has 1 N–H and O–H groups in total. The van der Waals surface area contributed by atoms with Crippen molar-refractivity contribution in [3.8, 4) is 0 Å². The summed E-state index contributed by atoms with van der Waals surface area (Å²) in [4.78, 5) is 17.3. The molecule has 25 heavy (non-hydrogen) atoms. The Morgan fingerprint density at radius 2 is 1.68 bits per heavy atom. The average Bonchev–Trinajstić information content (AvgIpc) is 2.67. The van der Waals surface area contributed by atoms with Crippen LogP contribution in [0.5, 0.6) is 0 Å². The molecule has 2 aromatic carbocycles. The Bertz CT molecular complexity index is 816. The first-order valence-electron chi connectivity index (χ1n) is 8.51. The summed E-state index contributed by atoms with van der Waals surface area (Å²) in [6.45, 7) is 2.60. The summed E-state index contributed by atoms with van der Waals surface area (Å²) in [5.41, 5.74) is 4.25. The van der Waals surface area contributed by atoms with Crippen LogP contribution in [0.2, 0.25) is 0 Å². The summed E-state index contributed by atoms with van der Waals surface area (Å²) >= 11 is 0. The Morgan fingerprint density at radius 3 is 2.40 bits per heavy atom. The summed E-state index contributed by atoms with van der Waals surface area (Å²) in [7, 11) is 0. The van der Waals surface area contributed by atoms with E-state index >= 15 is 0 Å². The van der Waals surface area contributed by atoms with Crippen LogP contribution in [-0.4, -0.2) is 10.9 Å². The van der Waals surface area contributed by atoms with Gasteiger partial charge in [0, 0.05) is 24.9 Å². The lowest BCUT2D eigenvalue weighted by Gasteiger charge is -2.17. The number of nitrogens with zero attached hydrogens (tertiary/aromatic N) is 1. The van der Waals surface area contributed by atoms with Crippen molar-refractivity contribution in [1.29, 1.82) is 0 Å². The fourth-order valence-electron chi connectivity index (χ4n) is 2.89. The summed E-state index contributed by atoms with van der Waals surface area (Å²) in [6.07, 6.45) is 2.35. The molecule has 0 radical (unpaired) electrons. The third-order valence-electron chi connectivity index (χ3n) is 4.37. The number of pyridine rings is 1. The Morgan fingerprint density at radius 1 is 0.960 bits per heavy atom. The summed E-state index contributed by atoms with van der Waals surface area (Å²) in [5.74, 6) is -0.222. The molecule has 3 rings (SSSR count). The van der Waals surface area contributed by atoms with Crippen molar-refractivity contribution in [2.75, 3.05) is 0 Å². The van der Waals surface area contributed by atoms with Crippen molar-refractivity contribution in [3.63, 3.8) is 0 Å². The smallest absolute Gasteiger partial charge is 0.228 e. The van der Waals surface area contributed by atoms with E-state index in [1.165, 1.54) is 5.56 Å². The first-order valence-corrected chi connectivity index (χ1v) is 8.51. The maximum absolute atomic E-state index is 12.9. The molecule has 126 valence electrons. The third kappa shape index (κ3) is 4.54. The van der Waals surface area contributed by atoms with Gasteiger partial charge in [0.05, 0.1) is 5.92 Å². The summed E-state index contributed by atoms with van der Waals surface area (Å²) < 4.78 is 0. The fraction of sp³-hybridized carbons (Fsp3) is 0.182. The lowest BCUT2D eigenvalue weighted by atomic mass is 9.93. The molecule has 0 saturated carbocycles. The van der Waals surface area contributed by atoms with E-state index in [0.717, 1.165) is 16.8 Å². The highest BCUT2D eigenvalue weighted by Gasteiger charge is 2.21. The lowest BCUT2D eigenvalue weighted by Crippen LogP contribution is -2.30. The molecule has 0 aliphatic heterocycles. The molecular formula is C22H22N2O. The van der Waals surface area contributed by atoms with Gasteiger partial charge in [0.2, 0.25) is 5.91 Å². The number of carbonyl (C=O) groups excluding carboxylic acids is 1. The fourth-order valence-corrected chi connectivity index (χ4v) is 2.89. The Kier molecular flexibility index (Phi) is 5.57. The molecule has 3 heteroatoms.